The van der Waals surface area contributed by atoms with Crippen molar-refractivity contribution in [3.63, 3.8) is 0 Å². The maximum absolute atomic E-state index is 6.06. The van der Waals surface area contributed by atoms with Gasteiger partial charge in [0.1, 0.15) is 0 Å². The highest BCUT2D eigenvalue weighted by Crippen LogP contribution is 2.34. The smallest absolute Gasteiger partial charge is 0.196 e. The van der Waals surface area contributed by atoms with E-state index in [1.54, 1.807) is 0 Å². The second kappa shape index (κ2) is 5.05. The Hall–Kier alpha value is -1.81. The van der Waals surface area contributed by atoms with Crippen molar-refractivity contribution in [1.82, 2.24) is 0 Å². The number of para-hydroxylation sites is 1. The van der Waals surface area contributed by atoms with Gasteiger partial charge in [-0.2, -0.15) is 0 Å². The lowest BCUT2D eigenvalue weighted by molar-refractivity contribution is 0.785. The Kier molecular flexibility index (Phi) is 3.25. The summed E-state index contributed by atoms with van der Waals surface area (Å²) in [5.41, 5.74) is 7.17. The van der Waals surface area contributed by atoms with Crippen molar-refractivity contribution in [3.05, 3.63) is 52.2 Å². The third kappa shape index (κ3) is 2.24. The Balaban J connectivity index is 1.94. The van der Waals surface area contributed by atoms with E-state index in [1.165, 1.54) is 9.75 Å². The summed E-state index contributed by atoms with van der Waals surface area (Å²) in [6, 6.07) is 14.9. The largest absolute Gasteiger partial charge is 0.369 e. The van der Waals surface area contributed by atoms with Gasteiger partial charge in [-0.15, -0.1) is 11.3 Å². The molecule has 1 aliphatic heterocycles. The van der Waals surface area contributed by atoms with E-state index in [2.05, 4.69) is 41.1 Å². The molecule has 1 aromatic carbocycles. The summed E-state index contributed by atoms with van der Waals surface area (Å²) in [6.07, 6.45) is 1.08. The van der Waals surface area contributed by atoms with Crippen LogP contribution in [0.5, 0.6) is 0 Å². The molecule has 19 heavy (non-hydrogen) atoms. The Morgan fingerprint density at radius 1 is 1.26 bits per heavy atom. The minimum absolute atomic E-state index is 0.243. The fourth-order valence-electron chi connectivity index (χ4n) is 2.38. The average Bonchev–Trinajstić information content (AvgIpc) is 3.05. The van der Waals surface area contributed by atoms with Gasteiger partial charge in [0.15, 0.2) is 5.96 Å². The van der Waals surface area contributed by atoms with Crippen LogP contribution >= 0.6 is 11.3 Å². The summed E-state index contributed by atoms with van der Waals surface area (Å²) >= 11 is 1.86. The zero-order chi connectivity index (χ0) is 13.2. The quantitative estimate of drug-likeness (QED) is 0.931. The van der Waals surface area contributed by atoms with Crippen molar-refractivity contribution in [1.29, 1.82) is 0 Å². The molecule has 1 aliphatic rings. The number of benzene rings is 1. The number of guanidine groups is 1. The first-order valence-electron chi connectivity index (χ1n) is 6.52. The van der Waals surface area contributed by atoms with Crippen LogP contribution in [0.15, 0.2) is 47.5 Å². The predicted octanol–water partition coefficient (Wildman–Crippen LogP) is 3.19. The van der Waals surface area contributed by atoms with Gasteiger partial charge in [0.2, 0.25) is 0 Å². The number of aliphatic imine (C=N–C) groups is 1. The molecule has 0 saturated heterocycles. The van der Waals surface area contributed by atoms with Crippen molar-refractivity contribution in [2.24, 2.45) is 10.7 Å². The van der Waals surface area contributed by atoms with Crippen molar-refractivity contribution < 1.29 is 0 Å². The van der Waals surface area contributed by atoms with Crippen LogP contribution < -0.4 is 10.6 Å². The number of anilines is 1. The van der Waals surface area contributed by atoms with E-state index in [0.29, 0.717) is 5.96 Å². The third-order valence-corrected chi connectivity index (χ3v) is 4.71. The van der Waals surface area contributed by atoms with Crippen molar-refractivity contribution in [2.45, 2.75) is 19.4 Å². The zero-order valence-electron chi connectivity index (χ0n) is 10.9. The Labute approximate surface area is 117 Å². The van der Waals surface area contributed by atoms with Crippen LogP contribution in [0, 0.1) is 0 Å². The van der Waals surface area contributed by atoms with Gasteiger partial charge in [0.05, 0.1) is 12.6 Å². The van der Waals surface area contributed by atoms with E-state index in [-0.39, 0.29) is 6.04 Å². The molecule has 2 heterocycles. The summed E-state index contributed by atoms with van der Waals surface area (Å²) in [4.78, 5) is 9.29. The maximum atomic E-state index is 6.06. The van der Waals surface area contributed by atoms with E-state index in [0.717, 1.165) is 18.7 Å². The molecular formula is C15H17N3S. The number of nitrogens with zero attached hydrogens (tertiary/aromatic N) is 2. The van der Waals surface area contributed by atoms with E-state index >= 15 is 0 Å². The number of nitrogens with two attached hydrogens (primary N) is 1. The van der Waals surface area contributed by atoms with Gasteiger partial charge in [0.25, 0.3) is 0 Å². The summed E-state index contributed by atoms with van der Waals surface area (Å²) in [6.45, 7) is 2.93. The summed E-state index contributed by atoms with van der Waals surface area (Å²) in [7, 11) is 0. The Morgan fingerprint density at radius 3 is 2.74 bits per heavy atom. The topological polar surface area (TPSA) is 41.6 Å². The summed E-state index contributed by atoms with van der Waals surface area (Å²) in [5, 5.41) is 0. The van der Waals surface area contributed by atoms with E-state index in [9.17, 15) is 0 Å². The first-order valence-corrected chi connectivity index (χ1v) is 7.34. The van der Waals surface area contributed by atoms with E-state index < -0.39 is 0 Å². The third-order valence-electron chi connectivity index (χ3n) is 3.38. The first-order chi connectivity index (χ1) is 9.29. The lowest BCUT2D eigenvalue weighted by atomic mass is 10.2. The van der Waals surface area contributed by atoms with Crippen LogP contribution in [0.2, 0.25) is 0 Å². The summed E-state index contributed by atoms with van der Waals surface area (Å²) in [5.74, 6) is 0.614. The van der Waals surface area contributed by atoms with Gasteiger partial charge >= 0.3 is 0 Å². The minimum atomic E-state index is 0.243. The van der Waals surface area contributed by atoms with Gasteiger partial charge in [-0.3, -0.25) is 4.99 Å². The van der Waals surface area contributed by atoms with Crippen LogP contribution in [0.3, 0.4) is 0 Å². The number of hydrogen-bond donors (Lipinski definition) is 1. The lowest BCUT2D eigenvalue weighted by Gasteiger charge is -2.25. The highest BCUT2D eigenvalue weighted by atomic mass is 32.1. The van der Waals surface area contributed by atoms with Crippen LogP contribution in [0.4, 0.5) is 5.69 Å². The molecule has 0 saturated carbocycles. The van der Waals surface area contributed by atoms with Crippen LogP contribution in [0.25, 0.3) is 0 Å². The molecule has 4 heteroatoms. The van der Waals surface area contributed by atoms with E-state index in [4.69, 9.17) is 5.73 Å². The Morgan fingerprint density at radius 2 is 2.05 bits per heavy atom. The fraction of sp³-hybridized carbons (Fsp3) is 0.267. The van der Waals surface area contributed by atoms with Gasteiger partial charge in [0, 0.05) is 15.4 Å². The van der Waals surface area contributed by atoms with Gasteiger partial charge < -0.3 is 10.6 Å². The predicted molar refractivity (Wildman–Crippen MR) is 81.8 cm³/mol. The molecule has 0 radical (unpaired) electrons. The highest BCUT2D eigenvalue weighted by molar-refractivity contribution is 7.12. The van der Waals surface area contributed by atoms with Crippen LogP contribution in [-0.4, -0.2) is 12.5 Å². The molecule has 0 bridgehead atoms. The summed E-state index contributed by atoms with van der Waals surface area (Å²) < 4.78 is 0. The molecule has 1 unspecified atom stereocenters. The molecule has 3 nitrogen and oxygen atoms in total. The zero-order valence-corrected chi connectivity index (χ0v) is 11.7. The molecule has 0 spiro atoms. The van der Waals surface area contributed by atoms with E-state index in [1.807, 2.05) is 29.5 Å². The van der Waals surface area contributed by atoms with Gasteiger partial charge in [-0.1, -0.05) is 25.1 Å². The van der Waals surface area contributed by atoms with Crippen LogP contribution in [-0.2, 0) is 6.42 Å². The maximum Gasteiger partial charge on any atom is 0.196 e. The normalized spacial score (nSPS) is 18.7. The molecule has 1 atom stereocenters. The second-order valence-electron chi connectivity index (χ2n) is 4.58. The standard InChI is InChI=1S/C15H17N3S/c1-2-12-8-9-14(19-12)13-10-17-15(16)18(13)11-6-4-3-5-7-11/h3-9,13H,2,10H2,1H3,(H2,16,17). The van der Waals surface area contributed by atoms with Gasteiger partial charge in [-0.05, 0) is 30.7 Å². The van der Waals surface area contributed by atoms with Crippen molar-refractivity contribution in [3.8, 4) is 0 Å². The van der Waals surface area contributed by atoms with Crippen molar-refractivity contribution >= 4 is 23.0 Å². The molecule has 2 aromatic rings. The first kappa shape index (κ1) is 12.2. The van der Waals surface area contributed by atoms with Crippen molar-refractivity contribution in [2.75, 3.05) is 11.4 Å². The molecule has 0 fully saturated rings. The average molecular weight is 271 g/mol. The highest BCUT2D eigenvalue weighted by Gasteiger charge is 2.29. The monoisotopic (exact) mass is 271 g/mol. The lowest BCUT2D eigenvalue weighted by Crippen LogP contribution is -2.35. The molecule has 2 N–H and O–H groups in total. The fourth-order valence-corrected chi connectivity index (χ4v) is 3.41. The number of rotatable bonds is 3. The molecule has 0 aliphatic carbocycles. The number of aryl methyl sites for hydroxylation is 1. The minimum Gasteiger partial charge on any atom is -0.369 e. The Bertz CT molecular complexity index is 588. The number of hydrogen-bond acceptors (Lipinski definition) is 4. The second-order valence-corrected chi connectivity index (χ2v) is 5.78. The molecule has 1 aromatic heterocycles. The van der Waals surface area contributed by atoms with Gasteiger partial charge in [-0.25, -0.2) is 0 Å². The SMILES string of the molecule is CCc1ccc(C2CN=C(N)N2c2ccccc2)s1. The molecular weight excluding hydrogens is 254 g/mol. The van der Waals surface area contributed by atoms with Crippen LogP contribution in [0.1, 0.15) is 22.7 Å². The molecule has 0 amide bonds. The molecule has 3 rings (SSSR count). The number of thiophene rings is 1. The molecule has 98 valence electrons.